The quantitative estimate of drug-likeness (QED) is 0.891. The van der Waals surface area contributed by atoms with Crippen molar-refractivity contribution in [2.24, 2.45) is 5.92 Å². The van der Waals surface area contributed by atoms with Crippen LogP contribution in [0.4, 0.5) is 0 Å². The molecule has 2 atom stereocenters. The molecule has 1 saturated heterocycles. The Hall–Kier alpha value is -0.860. The van der Waals surface area contributed by atoms with Gasteiger partial charge in [-0.25, -0.2) is 0 Å². The lowest BCUT2D eigenvalue weighted by Crippen LogP contribution is -2.42. The van der Waals surface area contributed by atoms with Crippen molar-refractivity contribution in [1.29, 1.82) is 0 Å². The molecule has 2 nitrogen and oxygen atoms in total. The number of aliphatic hydroxyl groups excluding tert-OH is 1. The van der Waals surface area contributed by atoms with E-state index in [9.17, 15) is 5.11 Å². The molecule has 24 heavy (non-hydrogen) atoms. The monoisotopic (exact) mass is 327 g/mol. The van der Waals surface area contributed by atoms with Crippen molar-refractivity contribution in [2.75, 3.05) is 19.6 Å². The molecule has 1 aromatic rings. The van der Waals surface area contributed by atoms with Crippen molar-refractivity contribution in [1.82, 2.24) is 4.90 Å². The maximum Gasteiger partial charge on any atom is 0.0568 e. The highest BCUT2D eigenvalue weighted by Gasteiger charge is 2.40. The van der Waals surface area contributed by atoms with Gasteiger partial charge in [0.05, 0.1) is 6.10 Å². The van der Waals surface area contributed by atoms with Crippen LogP contribution in [0.25, 0.3) is 0 Å². The minimum absolute atomic E-state index is 0.0154. The van der Waals surface area contributed by atoms with E-state index in [0.717, 1.165) is 6.42 Å². The molecule has 2 fully saturated rings. The van der Waals surface area contributed by atoms with E-state index < -0.39 is 0 Å². The maximum atomic E-state index is 10.1. The molecule has 2 aliphatic carbocycles. The van der Waals surface area contributed by atoms with Crippen LogP contribution in [-0.4, -0.2) is 35.7 Å². The van der Waals surface area contributed by atoms with Gasteiger partial charge in [0, 0.05) is 0 Å². The highest BCUT2D eigenvalue weighted by atomic mass is 16.3. The van der Waals surface area contributed by atoms with Gasteiger partial charge in [-0.1, -0.05) is 37.1 Å². The minimum atomic E-state index is -0.0154. The summed E-state index contributed by atoms with van der Waals surface area (Å²) in [7, 11) is 0. The van der Waals surface area contributed by atoms with Crippen molar-refractivity contribution in [3.05, 3.63) is 35.4 Å². The molecule has 0 radical (unpaired) electrons. The third-order valence-electron chi connectivity index (χ3n) is 7.19. The summed E-state index contributed by atoms with van der Waals surface area (Å²) in [6.07, 6.45) is 12.7. The normalized spacial score (nSPS) is 29.7. The molecule has 0 aromatic heterocycles. The smallest absolute Gasteiger partial charge is 0.0568 e. The summed E-state index contributed by atoms with van der Waals surface area (Å²) in [6.45, 7) is 3.77. The van der Waals surface area contributed by atoms with E-state index in [2.05, 4.69) is 29.2 Å². The fourth-order valence-corrected chi connectivity index (χ4v) is 5.59. The SMILES string of the molecule is OC1CCCCC1CCCN1CCC2(CCc3ccccc32)CC1. The first-order chi connectivity index (χ1) is 11.8. The van der Waals surface area contributed by atoms with Crippen molar-refractivity contribution >= 4 is 0 Å². The molecule has 1 spiro atoms. The highest BCUT2D eigenvalue weighted by molar-refractivity contribution is 5.39. The number of likely N-dealkylation sites (tertiary alicyclic amines) is 1. The van der Waals surface area contributed by atoms with Gasteiger partial charge in [-0.05, 0) is 93.5 Å². The Morgan fingerprint density at radius 1 is 1.04 bits per heavy atom. The molecule has 1 heterocycles. The van der Waals surface area contributed by atoms with Crippen LogP contribution < -0.4 is 0 Å². The highest BCUT2D eigenvalue weighted by Crippen LogP contribution is 2.46. The van der Waals surface area contributed by atoms with Gasteiger partial charge in [-0.15, -0.1) is 0 Å². The number of rotatable bonds is 4. The molecule has 1 aliphatic heterocycles. The zero-order chi connectivity index (χ0) is 16.4. The maximum absolute atomic E-state index is 10.1. The molecule has 4 rings (SSSR count). The molecular formula is C22H33NO. The number of benzene rings is 1. The lowest BCUT2D eigenvalue weighted by molar-refractivity contribution is 0.0610. The zero-order valence-electron chi connectivity index (χ0n) is 15.1. The second kappa shape index (κ2) is 7.17. The predicted molar refractivity (Wildman–Crippen MR) is 99.3 cm³/mol. The largest absolute Gasteiger partial charge is 0.393 e. The summed E-state index contributed by atoms with van der Waals surface area (Å²) in [6, 6.07) is 9.16. The van der Waals surface area contributed by atoms with Gasteiger partial charge in [0.2, 0.25) is 0 Å². The van der Waals surface area contributed by atoms with E-state index in [1.165, 1.54) is 77.4 Å². The average molecular weight is 328 g/mol. The lowest BCUT2D eigenvalue weighted by Gasteiger charge is -2.40. The van der Waals surface area contributed by atoms with Crippen LogP contribution in [0.15, 0.2) is 24.3 Å². The van der Waals surface area contributed by atoms with E-state index in [4.69, 9.17) is 0 Å². The van der Waals surface area contributed by atoms with Gasteiger partial charge >= 0.3 is 0 Å². The minimum Gasteiger partial charge on any atom is -0.393 e. The number of hydrogen-bond acceptors (Lipinski definition) is 2. The summed E-state index contributed by atoms with van der Waals surface area (Å²) in [5, 5.41) is 10.1. The van der Waals surface area contributed by atoms with E-state index in [-0.39, 0.29) is 6.10 Å². The van der Waals surface area contributed by atoms with Gasteiger partial charge in [-0.3, -0.25) is 0 Å². The molecular weight excluding hydrogens is 294 g/mol. The molecule has 132 valence electrons. The Morgan fingerprint density at radius 2 is 1.83 bits per heavy atom. The summed E-state index contributed by atoms with van der Waals surface area (Å²) in [5.74, 6) is 0.580. The number of aryl methyl sites for hydroxylation is 1. The summed E-state index contributed by atoms with van der Waals surface area (Å²) in [5.41, 5.74) is 3.76. The van der Waals surface area contributed by atoms with Gasteiger partial charge in [0.25, 0.3) is 0 Å². The predicted octanol–water partition coefficient (Wildman–Crippen LogP) is 4.30. The lowest BCUT2D eigenvalue weighted by atomic mass is 9.74. The summed E-state index contributed by atoms with van der Waals surface area (Å²) in [4.78, 5) is 2.68. The Kier molecular flexibility index (Phi) is 4.96. The van der Waals surface area contributed by atoms with E-state index in [1.807, 2.05) is 0 Å². The molecule has 1 aromatic carbocycles. The number of aliphatic hydroxyl groups is 1. The van der Waals surface area contributed by atoms with E-state index in [0.29, 0.717) is 11.3 Å². The van der Waals surface area contributed by atoms with Gasteiger partial charge in [0.15, 0.2) is 0 Å². The topological polar surface area (TPSA) is 23.5 Å². The van der Waals surface area contributed by atoms with Crippen LogP contribution in [0.2, 0.25) is 0 Å². The summed E-state index contributed by atoms with van der Waals surface area (Å²) >= 11 is 0. The third kappa shape index (κ3) is 3.28. The Bertz CT molecular complexity index is 547. The first-order valence-electron chi connectivity index (χ1n) is 10.3. The van der Waals surface area contributed by atoms with E-state index >= 15 is 0 Å². The van der Waals surface area contributed by atoms with Crippen LogP contribution >= 0.6 is 0 Å². The van der Waals surface area contributed by atoms with E-state index in [1.54, 1.807) is 11.1 Å². The Labute approximate surface area is 147 Å². The molecule has 0 amide bonds. The number of hydrogen-bond donors (Lipinski definition) is 1. The standard InChI is InChI=1S/C22H33NO/c24-21-10-4-2-7-19(21)8-5-15-23-16-13-22(14-17-23)12-11-18-6-1-3-9-20(18)22/h1,3,6,9,19,21,24H,2,4-5,7-8,10-17H2. The number of piperidine rings is 1. The second-order valence-corrected chi connectivity index (χ2v) is 8.53. The third-order valence-corrected chi connectivity index (χ3v) is 7.19. The van der Waals surface area contributed by atoms with Gasteiger partial charge in [-0.2, -0.15) is 0 Å². The Balaban J connectivity index is 1.25. The first kappa shape index (κ1) is 16.6. The number of nitrogens with zero attached hydrogens (tertiary/aromatic N) is 1. The van der Waals surface area contributed by atoms with Crippen LogP contribution in [0.1, 0.15) is 68.9 Å². The van der Waals surface area contributed by atoms with Crippen LogP contribution in [0.3, 0.4) is 0 Å². The Morgan fingerprint density at radius 3 is 2.67 bits per heavy atom. The molecule has 3 aliphatic rings. The average Bonchev–Trinajstić information content (AvgIpc) is 2.97. The van der Waals surface area contributed by atoms with Gasteiger partial charge in [0.1, 0.15) is 0 Å². The second-order valence-electron chi connectivity index (χ2n) is 8.53. The molecule has 1 saturated carbocycles. The van der Waals surface area contributed by atoms with Crippen molar-refractivity contribution in [3.8, 4) is 0 Å². The van der Waals surface area contributed by atoms with Crippen LogP contribution in [0.5, 0.6) is 0 Å². The van der Waals surface area contributed by atoms with Crippen molar-refractivity contribution in [3.63, 3.8) is 0 Å². The fraction of sp³-hybridized carbons (Fsp3) is 0.727. The zero-order valence-corrected chi connectivity index (χ0v) is 15.1. The van der Waals surface area contributed by atoms with Crippen molar-refractivity contribution < 1.29 is 5.11 Å². The summed E-state index contributed by atoms with van der Waals surface area (Å²) < 4.78 is 0. The van der Waals surface area contributed by atoms with Crippen LogP contribution in [0, 0.1) is 5.92 Å². The van der Waals surface area contributed by atoms with Crippen molar-refractivity contribution in [2.45, 2.75) is 75.7 Å². The molecule has 2 heteroatoms. The first-order valence-corrected chi connectivity index (χ1v) is 10.3. The molecule has 1 N–H and O–H groups in total. The number of fused-ring (bicyclic) bond motifs is 2. The fourth-order valence-electron chi connectivity index (χ4n) is 5.59. The molecule has 0 bridgehead atoms. The van der Waals surface area contributed by atoms with Crippen LogP contribution in [-0.2, 0) is 11.8 Å². The van der Waals surface area contributed by atoms with Gasteiger partial charge < -0.3 is 10.0 Å². The molecule has 2 unspecified atom stereocenters.